The van der Waals surface area contributed by atoms with Crippen molar-refractivity contribution < 1.29 is 13.2 Å². The van der Waals surface area contributed by atoms with E-state index in [9.17, 15) is 13.2 Å². The molecule has 0 saturated carbocycles. The van der Waals surface area contributed by atoms with Crippen LogP contribution in [-0.2, 0) is 27.6 Å². The van der Waals surface area contributed by atoms with E-state index in [4.69, 9.17) is 11.6 Å². The molecular weight excluding hydrogens is 416 g/mol. The van der Waals surface area contributed by atoms with Gasteiger partial charge in [-0.2, -0.15) is 4.99 Å². The Labute approximate surface area is 173 Å². The van der Waals surface area contributed by atoms with Crippen LogP contribution in [0.1, 0.15) is 11.1 Å². The summed E-state index contributed by atoms with van der Waals surface area (Å²) < 4.78 is 24.2. The van der Waals surface area contributed by atoms with Crippen molar-refractivity contribution in [3.05, 3.63) is 70.7 Å². The second-order valence-corrected chi connectivity index (χ2v) is 10.8. The molecule has 2 saturated heterocycles. The normalized spacial score (nSPS) is 24.5. The Bertz CT molecular complexity index is 1010. The molecule has 0 aliphatic carbocycles. The maximum absolute atomic E-state index is 12.5. The number of carbonyl (C=O) groups is 1. The molecule has 2 aliphatic rings. The molecule has 146 valence electrons. The first-order valence-corrected chi connectivity index (χ1v) is 12.0. The van der Waals surface area contributed by atoms with E-state index in [0.717, 1.165) is 11.1 Å². The Kier molecular flexibility index (Phi) is 5.49. The number of benzene rings is 2. The van der Waals surface area contributed by atoms with Gasteiger partial charge in [0.25, 0.3) is 5.91 Å². The second kappa shape index (κ2) is 7.89. The Morgan fingerprint density at radius 3 is 2.50 bits per heavy atom. The molecule has 2 heterocycles. The van der Waals surface area contributed by atoms with Crippen molar-refractivity contribution in [1.29, 1.82) is 0 Å². The van der Waals surface area contributed by atoms with Crippen LogP contribution in [0.4, 0.5) is 0 Å². The minimum Gasteiger partial charge on any atom is -0.342 e. The Balaban J connectivity index is 1.56. The number of fused-ring (bicyclic) bond motifs is 1. The summed E-state index contributed by atoms with van der Waals surface area (Å²) in [5, 5.41) is 1.17. The van der Waals surface area contributed by atoms with Crippen molar-refractivity contribution in [3.63, 3.8) is 0 Å². The molecule has 0 N–H and O–H groups in total. The molecule has 28 heavy (non-hydrogen) atoms. The highest BCUT2D eigenvalue weighted by Crippen LogP contribution is 2.39. The third-order valence-electron chi connectivity index (χ3n) is 4.86. The molecule has 4 rings (SSSR count). The third-order valence-corrected chi connectivity index (χ3v) is 8.36. The predicted molar refractivity (Wildman–Crippen MR) is 113 cm³/mol. The molecule has 2 aliphatic heterocycles. The number of aliphatic imine (C=N–C) groups is 1. The van der Waals surface area contributed by atoms with Crippen molar-refractivity contribution in [3.8, 4) is 0 Å². The minimum absolute atomic E-state index is 0.0733. The summed E-state index contributed by atoms with van der Waals surface area (Å²) in [6.07, 6.45) is 0.189. The molecule has 0 unspecified atom stereocenters. The minimum atomic E-state index is -3.05. The average molecular weight is 435 g/mol. The van der Waals surface area contributed by atoms with E-state index in [1.165, 1.54) is 11.8 Å². The van der Waals surface area contributed by atoms with E-state index in [1.54, 1.807) is 12.1 Å². The Hall–Kier alpha value is -1.83. The van der Waals surface area contributed by atoms with Gasteiger partial charge in [0.05, 0.1) is 24.0 Å². The first-order valence-electron chi connectivity index (χ1n) is 8.93. The van der Waals surface area contributed by atoms with Crippen molar-refractivity contribution in [1.82, 2.24) is 4.90 Å². The highest BCUT2D eigenvalue weighted by Gasteiger charge is 2.48. The van der Waals surface area contributed by atoms with Crippen LogP contribution in [0.25, 0.3) is 0 Å². The molecule has 0 bridgehead atoms. The lowest BCUT2D eigenvalue weighted by Crippen LogP contribution is -2.37. The number of hydrogen-bond acceptors (Lipinski definition) is 4. The fraction of sp³-hybridized carbons (Fsp3) is 0.300. The second-order valence-electron chi connectivity index (χ2n) is 7.01. The largest absolute Gasteiger partial charge is 0.342 e. The van der Waals surface area contributed by atoms with Crippen LogP contribution in [0.2, 0.25) is 5.02 Å². The monoisotopic (exact) mass is 434 g/mol. The van der Waals surface area contributed by atoms with Gasteiger partial charge in [0, 0.05) is 16.8 Å². The zero-order chi connectivity index (χ0) is 19.7. The first-order chi connectivity index (χ1) is 13.4. The SMILES string of the molecule is O=C(Cc1ccc(Cl)cc1)N=C1S[C@@H]2CS(=O)(=O)C[C@@H]2N1Cc1ccccc1. The van der Waals surface area contributed by atoms with Crippen molar-refractivity contribution >= 4 is 44.3 Å². The number of amides is 1. The van der Waals surface area contributed by atoms with Crippen LogP contribution in [0.15, 0.2) is 59.6 Å². The summed E-state index contributed by atoms with van der Waals surface area (Å²) in [5.74, 6) is 0.00521. The topological polar surface area (TPSA) is 66.8 Å². The summed E-state index contributed by atoms with van der Waals surface area (Å²) in [6, 6.07) is 16.8. The van der Waals surface area contributed by atoms with Gasteiger partial charge in [-0.05, 0) is 23.3 Å². The number of carbonyl (C=O) groups excluding carboxylic acids is 1. The number of thioether (sulfide) groups is 1. The van der Waals surface area contributed by atoms with Crippen LogP contribution < -0.4 is 0 Å². The number of nitrogens with zero attached hydrogens (tertiary/aromatic N) is 2. The summed E-state index contributed by atoms with van der Waals surface area (Å²) >= 11 is 7.29. The number of sulfone groups is 1. The zero-order valence-corrected chi connectivity index (χ0v) is 17.4. The maximum Gasteiger partial charge on any atom is 0.252 e. The average Bonchev–Trinajstić information content (AvgIpc) is 3.10. The van der Waals surface area contributed by atoms with Gasteiger partial charge in [-0.25, -0.2) is 8.42 Å². The standard InChI is InChI=1S/C20H19ClN2O3S2/c21-16-8-6-14(7-9-16)10-19(24)22-20-23(11-15-4-2-1-3-5-15)17-12-28(25,26)13-18(17)27-20/h1-9,17-18H,10-13H2/t17-,18+/m0/s1. The van der Waals surface area contributed by atoms with Gasteiger partial charge in [-0.15, -0.1) is 0 Å². The number of hydrogen-bond donors (Lipinski definition) is 0. The fourth-order valence-corrected chi connectivity index (χ4v) is 7.62. The maximum atomic E-state index is 12.5. The van der Waals surface area contributed by atoms with Gasteiger partial charge >= 0.3 is 0 Å². The molecule has 2 atom stereocenters. The molecule has 2 aromatic carbocycles. The van der Waals surface area contributed by atoms with Crippen molar-refractivity contribution in [2.24, 2.45) is 4.99 Å². The lowest BCUT2D eigenvalue weighted by Gasteiger charge is -2.24. The summed E-state index contributed by atoms with van der Waals surface area (Å²) in [4.78, 5) is 18.8. The van der Waals surface area contributed by atoms with Crippen molar-refractivity contribution in [2.45, 2.75) is 24.3 Å². The van der Waals surface area contributed by atoms with Gasteiger partial charge in [-0.1, -0.05) is 65.8 Å². The number of halogens is 1. The van der Waals surface area contributed by atoms with E-state index in [1.807, 2.05) is 47.4 Å². The lowest BCUT2D eigenvalue weighted by molar-refractivity contribution is -0.117. The molecule has 0 aromatic heterocycles. The highest BCUT2D eigenvalue weighted by molar-refractivity contribution is 8.15. The van der Waals surface area contributed by atoms with E-state index in [0.29, 0.717) is 16.7 Å². The summed E-state index contributed by atoms with van der Waals surface area (Å²) in [5.41, 5.74) is 1.91. The quantitative estimate of drug-likeness (QED) is 0.739. The van der Waals surface area contributed by atoms with Crippen LogP contribution in [0, 0.1) is 0 Å². The van der Waals surface area contributed by atoms with Gasteiger partial charge in [-0.3, -0.25) is 4.79 Å². The van der Waals surface area contributed by atoms with E-state index in [-0.39, 0.29) is 35.1 Å². The van der Waals surface area contributed by atoms with Gasteiger partial charge < -0.3 is 4.90 Å². The zero-order valence-electron chi connectivity index (χ0n) is 15.0. The van der Waals surface area contributed by atoms with E-state index in [2.05, 4.69) is 4.99 Å². The smallest absolute Gasteiger partial charge is 0.252 e. The van der Waals surface area contributed by atoms with Crippen LogP contribution in [0.3, 0.4) is 0 Å². The summed E-state index contributed by atoms with van der Waals surface area (Å²) in [6.45, 7) is 0.539. The molecule has 2 fully saturated rings. The first kappa shape index (κ1) is 19.5. The molecule has 8 heteroatoms. The Morgan fingerprint density at radius 2 is 1.79 bits per heavy atom. The van der Waals surface area contributed by atoms with Gasteiger partial charge in [0.15, 0.2) is 15.0 Å². The lowest BCUT2D eigenvalue weighted by atomic mass is 10.1. The predicted octanol–water partition coefficient (Wildman–Crippen LogP) is 3.18. The molecular formula is C20H19ClN2O3S2. The van der Waals surface area contributed by atoms with Crippen molar-refractivity contribution in [2.75, 3.05) is 11.5 Å². The fourth-order valence-electron chi connectivity index (χ4n) is 3.52. The molecule has 0 spiro atoms. The summed E-state index contributed by atoms with van der Waals surface area (Å²) in [7, 11) is -3.05. The van der Waals surface area contributed by atoms with E-state index >= 15 is 0 Å². The third kappa shape index (κ3) is 4.42. The number of rotatable bonds is 4. The number of amidine groups is 1. The molecule has 5 nitrogen and oxygen atoms in total. The van der Waals surface area contributed by atoms with Crippen LogP contribution in [-0.4, -0.2) is 47.2 Å². The molecule has 2 aromatic rings. The molecule has 0 radical (unpaired) electrons. The van der Waals surface area contributed by atoms with Gasteiger partial charge in [0.2, 0.25) is 0 Å². The highest BCUT2D eigenvalue weighted by atomic mass is 35.5. The Morgan fingerprint density at radius 1 is 1.07 bits per heavy atom. The van der Waals surface area contributed by atoms with Crippen LogP contribution in [0.5, 0.6) is 0 Å². The molecule has 1 amide bonds. The van der Waals surface area contributed by atoms with Crippen LogP contribution >= 0.6 is 23.4 Å². The van der Waals surface area contributed by atoms with Gasteiger partial charge in [0.1, 0.15) is 0 Å². The van der Waals surface area contributed by atoms with E-state index < -0.39 is 9.84 Å².